The van der Waals surface area contributed by atoms with Crippen LogP contribution in [0.1, 0.15) is 39.2 Å². The second kappa shape index (κ2) is 11.1. The van der Waals surface area contributed by atoms with Gasteiger partial charge in [0.15, 0.2) is 5.65 Å². The summed E-state index contributed by atoms with van der Waals surface area (Å²) in [4.78, 5) is 26.1. The molecular weight excluding hydrogens is 502 g/mol. The summed E-state index contributed by atoms with van der Waals surface area (Å²) >= 11 is 0. The van der Waals surface area contributed by atoms with Gasteiger partial charge in [0, 0.05) is 43.4 Å². The topological polar surface area (TPSA) is 102 Å². The van der Waals surface area contributed by atoms with Crippen molar-refractivity contribution in [1.82, 2.24) is 29.5 Å². The van der Waals surface area contributed by atoms with Crippen LogP contribution in [-0.4, -0.2) is 67.2 Å². The van der Waals surface area contributed by atoms with Gasteiger partial charge in [-0.2, -0.15) is 5.10 Å². The Hall–Kier alpha value is -4.24. The minimum absolute atomic E-state index is 0.00205. The van der Waals surface area contributed by atoms with Crippen molar-refractivity contribution in [1.29, 1.82) is 0 Å². The number of aromatic nitrogens is 4. The molecule has 206 valence electrons. The van der Waals surface area contributed by atoms with Crippen molar-refractivity contribution in [3.05, 3.63) is 73.1 Å². The normalized spacial score (nSPS) is 17.5. The van der Waals surface area contributed by atoms with Crippen LogP contribution in [0.3, 0.4) is 0 Å². The summed E-state index contributed by atoms with van der Waals surface area (Å²) < 4.78 is 7.87. The number of nitrogens with zero attached hydrogens (tertiary/aromatic N) is 6. The molecule has 9 nitrogen and oxygen atoms in total. The highest BCUT2D eigenvalue weighted by molar-refractivity contribution is 5.98. The number of ether oxygens (including phenoxy) is 1. The molecule has 4 aromatic rings. The van der Waals surface area contributed by atoms with Gasteiger partial charge in [-0.25, -0.2) is 14.6 Å². The average molecular weight is 538 g/mol. The second-order valence-corrected chi connectivity index (χ2v) is 10.8. The van der Waals surface area contributed by atoms with Crippen LogP contribution in [-0.2, 0) is 4.79 Å². The molecule has 1 amide bonds. The molecule has 3 heterocycles. The van der Waals surface area contributed by atoms with Crippen molar-refractivity contribution < 1.29 is 9.53 Å². The zero-order valence-electron chi connectivity index (χ0n) is 23.0. The molecule has 1 saturated heterocycles. The Bertz CT molecular complexity index is 1510. The Kier molecular flexibility index (Phi) is 7.21. The summed E-state index contributed by atoms with van der Waals surface area (Å²) in [5.74, 6) is 1.93. The first-order valence-electron chi connectivity index (χ1n) is 14.0. The van der Waals surface area contributed by atoms with Gasteiger partial charge >= 0.3 is 0 Å². The summed E-state index contributed by atoms with van der Waals surface area (Å²) in [5.41, 5.74) is 8.63. The number of rotatable bonds is 9. The number of anilines is 1. The molecule has 2 aromatic carbocycles. The number of benzene rings is 2. The van der Waals surface area contributed by atoms with Gasteiger partial charge in [-0.3, -0.25) is 9.69 Å². The summed E-state index contributed by atoms with van der Waals surface area (Å²) in [5, 5.41) is 5.69. The Morgan fingerprint density at radius 2 is 1.82 bits per heavy atom. The molecule has 2 N–H and O–H groups in total. The Morgan fingerprint density at radius 3 is 2.55 bits per heavy atom. The van der Waals surface area contributed by atoms with E-state index in [4.69, 9.17) is 15.6 Å². The molecule has 1 atom stereocenters. The van der Waals surface area contributed by atoms with Crippen LogP contribution in [0.15, 0.2) is 73.1 Å². The molecule has 9 heteroatoms. The van der Waals surface area contributed by atoms with Gasteiger partial charge in [-0.05, 0) is 69.5 Å². The minimum atomic E-state index is 0.00205. The van der Waals surface area contributed by atoms with Crippen molar-refractivity contribution in [2.45, 2.75) is 51.2 Å². The highest BCUT2D eigenvalue weighted by atomic mass is 16.5. The van der Waals surface area contributed by atoms with Crippen LogP contribution in [0, 0.1) is 0 Å². The number of carbonyl (C=O) groups is 1. The third-order valence-corrected chi connectivity index (χ3v) is 7.70. The summed E-state index contributed by atoms with van der Waals surface area (Å²) in [6, 6.07) is 18.6. The fourth-order valence-corrected chi connectivity index (χ4v) is 5.47. The quantitative estimate of drug-likeness (QED) is 0.297. The molecule has 1 unspecified atom stereocenters. The lowest BCUT2D eigenvalue weighted by atomic mass is 10.1. The van der Waals surface area contributed by atoms with E-state index in [1.165, 1.54) is 19.2 Å². The standard InChI is InChI=1S/C31H35N7O2/c1-21(2)37(23-12-13-23)17-6-9-27(39)36-18-16-24(19-36)38-31-28(30(32)33-20-34-31)29(35-38)22-10-14-26(15-11-22)40-25-7-4-3-5-8-25/h3-11,14-15,20-21,23-24H,12-13,16-19H2,1-2H3,(H2,32,33,34). The SMILES string of the molecule is CC(C)N(CC=CC(=O)N1CCC(n2nc(-c3ccc(Oc4ccccc4)cc3)c3c(N)ncnc32)C1)C1CC1. The van der Waals surface area contributed by atoms with Crippen molar-refractivity contribution in [2.75, 3.05) is 25.4 Å². The van der Waals surface area contributed by atoms with E-state index < -0.39 is 0 Å². The minimum Gasteiger partial charge on any atom is -0.457 e. The van der Waals surface area contributed by atoms with Gasteiger partial charge in [0.2, 0.25) is 5.91 Å². The highest BCUT2D eigenvalue weighted by Gasteiger charge is 2.31. The van der Waals surface area contributed by atoms with Crippen LogP contribution >= 0.6 is 0 Å². The number of likely N-dealkylation sites (tertiary alicyclic amines) is 1. The number of hydrogen-bond acceptors (Lipinski definition) is 7. The summed E-state index contributed by atoms with van der Waals surface area (Å²) in [6.07, 6.45) is 8.52. The second-order valence-electron chi connectivity index (χ2n) is 10.8. The molecule has 2 aromatic heterocycles. The van der Waals surface area contributed by atoms with E-state index in [-0.39, 0.29) is 11.9 Å². The van der Waals surface area contributed by atoms with Crippen LogP contribution in [0.2, 0.25) is 0 Å². The van der Waals surface area contributed by atoms with Crippen molar-refractivity contribution in [3.8, 4) is 22.8 Å². The third kappa shape index (κ3) is 5.42. The number of fused-ring (bicyclic) bond motifs is 1. The third-order valence-electron chi connectivity index (χ3n) is 7.70. The zero-order chi connectivity index (χ0) is 27.6. The molecule has 1 aliphatic carbocycles. The lowest BCUT2D eigenvalue weighted by molar-refractivity contribution is -0.125. The fraction of sp³-hybridized carbons (Fsp3) is 0.355. The number of amides is 1. The first-order chi connectivity index (χ1) is 19.5. The van der Waals surface area contributed by atoms with Gasteiger partial charge in [0.1, 0.15) is 29.3 Å². The lowest BCUT2D eigenvalue weighted by Gasteiger charge is -2.24. The number of nitrogens with two attached hydrogens (primary N) is 1. The predicted octanol–water partition coefficient (Wildman–Crippen LogP) is 5.07. The molecule has 0 bridgehead atoms. The largest absolute Gasteiger partial charge is 0.457 e. The number of hydrogen-bond donors (Lipinski definition) is 1. The highest BCUT2D eigenvalue weighted by Crippen LogP contribution is 2.35. The van der Waals surface area contributed by atoms with Gasteiger partial charge in [0.25, 0.3) is 0 Å². The monoisotopic (exact) mass is 537 g/mol. The van der Waals surface area contributed by atoms with E-state index in [0.717, 1.165) is 41.1 Å². The molecular formula is C31H35N7O2. The molecule has 2 aliphatic rings. The maximum Gasteiger partial charge on any atom is 0.246 e. The van der Waals surface area contributed by atoms with Crippen molar-refractivity contribution in [3.63, 3.8) is 0 Å². The predicted molar refractivity (Wildman–Crippen MR) is 156 cm³/mol. The van der Waals surface area contributed by atoms with Gasteiger partial charge in [0.05, 0.1) is 11.4 Å². The first kappa shape index (κ1) is 26.0. The lowest BCUT2D eigenvalue weighted by Crippen LogP contribution is -2.33. The van der Waals surface area contributed by atoms with Gasteiger partial charge in [-0.15, -0.1) is 0 Å². The molecule has 1 aliphatic heterocycles. The molecule has 40 heavy (non-hydrogen) atoms. The molecule has 6 rings (SSSR count). The van der Waals surface area contributed by atoms with Gasteiger partial charge < -0.3 is 15.4 Å². The zero-order valence-corrected chi connectivity index (χ0v) is 23.0. The van der Waals surface area contributed by atoms with E-state index >= 15 is 0 Å². The van der Waals surface area contributed by atoms with Crippen LogP contribution in [0.4, 0.5) is 5.82 Å². The van der Waals surface area contributed by atoms with Crippen molar-refractivity contribution in [2.24, 2.45) is 0 Å². The van der Waals surface area contributed by atoms with E-state index in [1.54, 1.807) is 6.08 Å². The van der Waals surface area contributed by atoms with E-state index in [1.807, 2.05) is 70.3 Å². The molecule has 1 saturated carbocycles. The van der Waals surface area contributed by atoms with E-state index in [2.05, 4.69) is 28.7 Å². The molecule has 2 fully saturated rings. The number of nitrogen functional groups attached to an aromatic ring is 1. The smallest absolute Gasteiger partial charge is 0.246 e. The summed E-state index contributed by atoms with van der Waals surface area (Å²) in [6.45, 7) is 6.48. The van der Waals surface area contributed by atoms with E-state index in [0.29, 0.717) is 36.6 Å². The number of para-hydroxylation sites is 1. The Morgan fingerprint density at radius 1 is 1.07 bits per heavy atom. The Labute approximate surface area is 234 Å². The molecule has 0 radical (unpaired) electrons. The number of carbonyl (C=O) groups excluding carboxylic acids is 1. The summed E-state index contributed by atoms with van der Waals surface area (Å²) in [7, 11) is 0. The fourth-order valence-electron chi connectivity index (χ4n) is 5.47. The first-order valence-corrected chi connectivity index (χ1v) is 14.0. The Balaban J connectivity index is 1.19. The van der Waals surface area contributed by atoms with E-state index in [9.17, 15) is 4.79 Å². The van der Waals surface area contributed by atoms with Crippen LogP contribution in [0.25, 0.3) is 22.3 Å². The molecule has 0 spiro atoms. The van der Waals surface area contributed by atoms with Crippen LogP contribution in [0.5, 0.6) is 11.5 Å². The van der Waals surface area contributed by atoms with Gasteiger partial charge in [-0.1, -0.05) is 24.3 Å². The maximum absolute atomic E-state index is 13.0. The maximum atomic E-state index is 13.0. The van der Waals surface area contributed by atoms with Crippen molar-refractivity contribution >= 4 is 22.8 Å². The van der Waals surface area contributed by atoms with Crippen LogP contribution < -0.4 is 10.5 Å². The average Bonchev–Trinajstić information content (AvgIpc) is 3.53.